The SMILES string of the molecule is Cc1c(F)oc(C(=O)O)c1-c1ccccc1. The van der Waals surface area contributed by atoms with Gasteiger partial charge in [0.15, 0.2) is 0 Å². The molecule has 16 heavy (non-hydrogen) atoms. The van der Waals surface area contributed by atoms with E-state index in [1.54, 1.807) is 30.3 Å². The van der Waals surface area contributed by atoms with Crippen molar-refractivity contribution in [1.29, 1.82) is 0 Å². The maximum absolute atomic E-state index is 13.2. The Kier molecular flexibility index (Phi) is 2.48. The van der Waals surface area contributed by atoms with Crippen LogP contribution in [0.2, 0.25) is 0 Å². The van der Waals surface area contributed by atoms with Gasteiger partial charge in [-0.3, -0.25) is 0 Å². The Hall–Kier alpha value is -2.10. The fourth-order valence-electron chi connectivity index (χ4n) is 1.59. The molecule has 0 unspecified atom stereocenters. The lowest BCUT2D eigenvalue weighted by Gasteiger charge is -1.99. The molecule has 0 aliphatic heterocycles. The van der Waals surface area contributed by atoms with E-state index < -0.39 is 12.0 Å². The molecule has 1 N–H and O–H groups in total. The average Bonchev–Trinajstić information content (AvgIpc) is 2.57. The summed E-state index contributed by atoms with van der Waals surface area (Å²) in [4.78, 5) is 10.9. The van der Waals surface area contributed by atoms with Gasteiger partial charge < -0.3 is 9.52 Å². The van der Waals surface area contributed by atoms with Crippen LogP contribution in [-0.4, -0.2) is 11.1 Å². The van der Waals surface area contributed by atoms with Gasteiger partial charge in [0.25, 0.3) is 6.01 Å². The smallest absolute Gasteiger partial charge is 0.372 e. The lowest BCUT2D eigenvalue weighted by Crippen LogP contribution is -1.96. The molecule has 3 nitrogen and oxygen atoms in total. The lowest BCUT2D eigenvalue weighted by molar-refractivity contribution is 0.0654. The fourth-order valence-corrected chi connectivity index (χ4v) is 1.59. The highest BCUT2D eigenvalue weighted by Crippen LogP contribution is 2.31. The second kappa shape index (κ2) is 3.81. The van der Waals surface area contributed by atoms with E-state index in [9.17, 15) is 9.18 Å². The van der Waals surface area contributed by atoms with Crippen LogP contribution >= 0.6 is 0 Å². The molecule has 0 saturated heterocycles. The van der Waals surface area contributed by atoms with E-state index in [1.807, 2.05) is 0 Å². The van der Waals surface area contributed by atoms with Crippen LogP contribution in [0.4, 0.5) is 4.39 Å². The minimum atomic E-state index is -1.27. The zero-order chi connectivity index (χ0) is 11.7. The van der Waals surface area contributed by atoms with Gasteiger partial charge in [-0.25, -0.2) is 4.79 Å². The Morgan fingerprint density at radius 3 is 2.50 bits per heavy atom. The van der Waals surface area contributed by atoms with Gasteiger partial charge in [0.05, 0.1) is 0 Å². The van der Waals surface area contributed by atoms with E-state index in [4.69, 9.17) is 5.11 Å². The fraction of sp³-hybridized carbons (Fsp3) is 0.0833. The number of hydrogen-bond acceptors (Lipinski definition) is 2. The number of carboxylic acids is 1. The molecule has 0 fully saturated rings. The van der Waals surface area contributed by atoms with Crippen molar-refractivity contribution in [2.24, 2.45) is 0 Å². The van der Waals surface area contributed by atoms with Gasteiger partial charge in [0, 0.05) is 11.1 Å². The number of carboxylic acid groups (broad SMARTS) is 1. The third-order valence-corrected chi connectivity index (χ3v) is 2.35. The number of carbonyl (C=O) groups is 1. The normalized spacial score (nSPS) is 10.4. The summed E-state index contributed by atoms with van der Waals surface area (Å²) in [5.41, 5.74) is 1.14. The molecule has 4 heteroatoms. The number of benzene rings is 1. The molecule has 1 aromatic carbocycles. The number of hydrogen-bond donors (Lipinski definition) is 1. The molecule has 0 aliphatic carbocycles. The molecule has 0 radical (unpaired) electrons. The highest BCUT2D eigenvalue weighted by atomic mass is 19.1. The van der Waals surface area contributed by atoms with E-state index in [1.165, 1.54) is 6.92 Å². The molecule has 1 aromatic heterocycles. The van der Waals surface area contributed by atoms with Crippen LogP contribution < -0.4 is 0 Å². The Morgan fingerprint density at radius 2 is 1.94 bits per heavy atom. The van der Waals surface area contributed by atoms with Crippen LogP contribution in [0.5, 0.6) is 0 Å². The molecule has 0 amide bonds. The second-order valence-corrected chi connectivity index (χ2v) is 3.38. The Labute approximate surface area is 91.1 Å². The first-order valence-corrected chi connectivity index (χ1v) is 4.69. The van der Waals surface area contributed by atoms with E-state index in [2.05, 4.69) is 4.42 Å². The van der Waals surface area contributed by atoms with Crippen LogP contribution in [-0.2, 0) is 0 Å². The largest absolute Gasteiger partial charge is 0.475 e. The van der Waals surface area contributed by atoms with Crippen molar-refractivity contribution in [2.75, 3.05) is 0 Å². The molecule has 82 valence electrons. The first kappa shape index (κ1) is 10.4. The first-order valence-electron chi connectivity index (χ1n) is 4.69. The molecule has 0 saturated carbocycles. The number of rotatable bonds is 2. The van der Waals surface area contributed by atoms with Gasteiger partial charge in [0.2, 0.25) is 5.76 Å². The van der Waals surface area contributed by atoms with E-state index in [0.29, 0.717) is 11.1 Å². The third kappa shape index (κ3) is 1.58. The van der Waals surface area contributed by atoms with Crippen molar-refractivity contribution >= 4 is 5.97 Å². The average molecular weight is 220 g/mol. The Morgan fingerprint density at radius 1 is 1.31 bits per heavy atom. The minimum absolute atomic E-state index is 0.212. The molecule has 2 aromatic rings. The first-order chi connectivity index (χ1) is 7.61. The van der Waals surface area contributed by atoms with Gasteiger partial charge >= 0.3 is 5.97 Å². The number of halogens is 1. The minimum Gasteiger partial charge on any atom is -0.475 e. The molecule has 0 spiro atoms. The van der Waals surface area contributed by atoms with E-state index in [-0.39, 0.29) is 11.3 Å². The van der Waals surface area contributed by atoms with Crippen LogP contribution in [0.15, 0.2) is 34.7 Å². The van der Waals surface area contributed by atoms with Gasteiger partial charge in [0.1, 0.15) is 0 Å². The van der Waals surface area contributed by atoms with Crippen molar-refractivity contribution in [3.63, 3.8) is 0 Å². The van der Waals surface area contributed by atoms with Gasteiger partial charge in [-0.15, -0.1) is 0 Å². The predicted octanol–water partition coefficient (Wildman–Crippen LogP) is 3.09. The van der Waals surface area contributed by atoms with Crippen LogP contribution in [0.25, 0.3) is 11.1 Å². The van der Waals surface area contributed by atoms with Crippen molar-refractivity contribution in [1.82, 2.24) is 0 Å². The van der Waals surface area contributed by atoms with Crippen molar-refractivity contribution in [2.45, 2.75) is 6.92 Å². The van der Waals surface area contributed by atoms with Crippen molar-refractivity contribution in [3.05, 3.63) is 47.7 Å². The van der Waals surface area contributed by atoms with E-state index >= 15 is 0 Å². The maximum atomic E-state index is 13.2. The molecular weight excluding hydrogens is 211 g/mol. The molecule has 2 rings (SSSR count). The summed E-state index contributed by atoms with van der Waals surface area (Å²) in [6.07, 6.45) is 0. The predicted molar refractivity (Wildman–Crippen MR) is 55.8 cm³/mol. The van der Waals surface area contributed by atoms with Crippen LogP contribution in [0, 0.1) is 12.9 Å². The monoisotopic (exact) mass is 220 g/mol. The Bertz CT molecular complexity index is 529. The quantitative estimate of drug-likeness (QED) is 0.845. The summed E-state index contributed by atoms with van der Waals surface area (Å²) in [6, 6.07) is 7.89. The zero-order valence-corrected chi connectivity index (χ0v) is 8.53. The molecule has 0 atom stereocenters. The molecule has 1 heterocycles. The highest BCUT2D eigenvalue weighted by Gasteiger charge is 2.23. The summed E-state index contributed by atoms with van der Waals surface area (Å²) in [5, 5.41) is 8.90. The van der Waals surface area contributed by atoms with Gasteiger partial charge in [-0.05, 0) is 12.5 Å². The van der Waals surface area contributed by atoms with Crippen molar-refractivity contribution < 1.29 is 18.7 Å². The highest BCUT2D eigenvalue weighted by molar-refractivity contribution is 5.94. The third-order valence-electron chi connectivity index (χ3n) is 2.35. The van der Waals surface area contributed by atoms with E-state index in [0.717, 1.165) is 0 Å². The topological polar surface area (TPSA) is 50.4 Å². The molecular formula is C12H9FO3. The van der Waals surface area contributed by atoms with Gasteiger partial charge in [-0.2, -0.15) is 4.39 Å². The summed E-state index contributed by atoms with van der Waals surface area (Å²) < 4.78 is 17.8. The van der Waals surface area contributed by atoms with Gasteiger partial charge in [-0.1, -0.05) is 30.3 Å². The van der Waals surface area contributed by atoms with Crippen LogP contribution in [0.3, 0.4) is 0 Å². The second-order valence-electron chi connectivity index (χ2n) is 3.38. The number of aromatic carboxylic acids is 1. The summed E-state index contributed by atoms with van der Waals surface area (Å²) >= 11 is 0. The summed E-state index contributed by atoms with van der Waals surface area (Å²) in [5.74, 6) is -1.63. The molecule has 0 aliphatic rings. The molecule has 0 bridgehead atoms. The summed E-state index contributed by atoms with van der Waals surface area (Å²) in [6.45, 7) is 1.49. The lowest BCUT2D eigenvalue weighted by atomic mass is 10.0. The number of furan rings is 1. The zero-order valence-electron chi connectivity index (χ0n) is 8.53. The summed E-state index contributed by atoms with van der Waals surface area (Å²) in [7, 11) is 0. The van der Waals surface area contributed by atoms with Crippen molar-refractivity contribution in [3.8, 4) is 11.1 Å². The standard InChI is InChI=1S/C12H9FO3/c1-7-9(8-5-3-2-4-6-8)10(12(14)15)16-11(7)13/h2-6H,1H3,(H,14,15). The maximum Gasteiger partial charge on any atom is 0.372 e. The van der Waals surface area contributed by atoms with Crippen LogP contribution in [0.1, 0.15) is 16.1 Å². The Balaban J connectivity index is 2.68.